The standard InChI is InChI=1S/C11H11FN4/c1-16(9-5-3-2-4-8(9)12)11-6-10(13)14-7-15-11/h2-7H,1H3,(H2,13,14,15). The Kier molecular flexibility index (Phi) is 2.68. The molecule has 16 heavy (non-hydrogen) atoms. The quantitative estimate of drug-likeness (QED) is 0.837. The van der Waals surface area contributed by atoms with Crippen LogP contribution >= 0.6 is 0 Å². The van der Waals surface area contributed by atoms with Crippen LogP contribution in [0, 0.1) is 5.82 Å². The van der Waals surface area contributed by atoms with Crippen LogP contribution in [0.25, 0.3) is 0 Å². The van der Waals surface area contributed by atoms with Gasteiger partial charge in [-0.2, -0.15) is 0 Å². The molecule has 4 nitrogen and oxygen atoms in total. The van der Waals surface area contributed by atoms with Crippen LogP contribution in [0.1, 0.15) is 0 Å². The van der Waals surface area contributed by atoms with Crippen molar-refractivity contribution in [3.05, 3.63) is 42.5 Å². The van der Waals surface area contributed by atoms with Crippen molar-refractivity contribution in [2.24, 2.45) is 0 Å². The zero-order valence-electron chi connectivity index (χ0n) is 8.76. The third-order valence-electron chi connectivity index (χ3n) is 2.23. The van der Waals surface area contributed by atoms with E-state index in [-0.39, 0.29) is 5.82 Å². The molecule has 1 aromatic heterocycles. The highest BCUT2D eigenvalue weighted by Crippen LogP contribution is 2.24. The van der Waals surface area contributed by atoms with E-state index < -0.39 is 0 Å². The molecular formula is C11H11FN4. The van der Waals surface area contributed by atoms with Crippen LogP contribution < -0.4 is 10.6 Å². The molecule has 5 heteroatoms. The van der Waals surface area contributed by atoms with Gasteiger partial charge in [0.1, 0.15) is 23.8 Å². The molecule has 0 fully saturated rings. The number of anilines is 3. The summed E-state index contributed by atoms with van der Waals surface area (Å²) in [5, 5.41) is 0. The van der Waals surface area contributed by atoms with Gasteiger partial charge in [0.15, 0.2) is 0 Å². The number of aromatic nitrogens is 2. The zero-order valence-corrected chi connectivity index (χ0v) is 8.76. The average Bonchev–Trinajstić information content (AvgIpc) is 2.29. The Morgan fingerprint density at radius 3 is 2.69 bits per heavy atom. The minimum Gasteiger partial charge on any atom is -0.384 e. The molecule has 0 amide bonds. The number of benzene rings is 1. The second-order valence-electron chi connectivity index (χ2n) is 3.31. The highest BCUT2D eigenvalue weighted by molar-refractivity contribution is 5.61. The topological polar surface area (TPSA) is 55.0 Å². The first-order valence-electron chi connectivity index (χ1n) is 4.74. The molecule has 2 aromatic rings. The Hall–Kier alpha value is -2.17. The Bertz CT molecular complexity index is 501. The fraction of sp³-hybridized carbons (Fsp3) is 0.0909. The fourth-order valence-electron chi connectivity index (χ4n) is 1.39. The molecule has 0 bridgehead atoms. The van der Waals surface area contributed by atoms with Gasteiger partial charge in [0.25, 0.3) is 0 Å². The lowest BCUT2D eigenvalue weighted by Gasteiger charge is -2.18. The van der Waals surface area contributed by atoms with E-state index in [1.165, 1.54) is 12.4 Å². The minimum absolute atomic E-state index is 0.304. The number of nitrogens with two attached hydrogens (primary N) is 1. The van der Waals surface area contributed by atoms with Crippen LogP contribution in [-0.4, -0.2) is 17.0 Å². The van der Waals surface area contributed by atoms with E-state index in [0.717, 1.165) is 0 Å². The van der Waals surface area contributed by atoms with Crippen LogP contribution in [0.5, 0.6) is 0 Å². The van der Waals surface area contributed by atoms with Gasteiger partial charge in [-0.15, -0.1) is 0 Å². The number of rotatable bonds is 2. The van der Waals surface area contributed by atoms with Crippen LogP contribution in [0.3, 0.4) is 0 Å². The second kappa shape index (κ2) is 4.14. The Labute approximate surface area is 92.6 Å². The molecule has 0 spiro atoms. The molecule has 82 valence electrons. The molecule has 0 aliphatic rings. The number of hydrogen-bond acceptors (Lipinski definition) is 4. The van der Waals surface area contributed by atoms with Crippen LogP contribution in [0.15, 0.2) is 36.7 Å². The monoisotopic (exact) mass is 218 g/mol. The van der Waals surface area contributed by atoms with Crippen molar-refractivity contribution in [1.29, 1.82) is 0 Å². The molecule has 1 aromatic carbocycles. The maximum Gasteiger partial charge on any atom is 0.146 e. The summed E-state index contributed by atoms with van der Waals surface area (Å²) in [4.78, 5) is 9.43. The van der Waals surface area contributed by atoms with Crippen molar-refractivity contribution < 1.29 is 4.39 Å². The number of nitrogens with zero attached hydrogens (tertiary/aromatic N) is 3. The van der Waals surface area contributed by atoms with E-state index in [4.69, 9.17) is 5.73 Å². The molecule has 0 unspecified atom stereocenters. The smallest absolute Gasteiger partial charge is 0.146 e. The predicted octanol–water partition coefficient (Wildman–Crippen LogP) is 1.97. The van der Waals surface area contributed by atoms with E-state index in [0.29, 0.717) is 17.3 Å². The summed E-state index contributed by atoms with van der Waals surface area (Å²) in [6.45, 7) is 0. The summed E-state index contributed by atoms with van der Waals surface area (Å²) >= 11 is 0. The molecule has 0 saturated carbocycles. The Balaban J connectivity index is 2.39. The molecular weight excluding hydrogens is 207 g/mol. The number of para-hydroxylation sites is 1. The molecule has 0 atom stereocenters. The van der Waals surface area contributed by atoms with Crippen molar-refractivity contribution in [1.82, 2.24) is 9.97 Å². The summed E-state index contributed by atoms with van der Waals surface area (Å²) < 4.78 is 13.5. The van der Waals surface area contributed by atoms with Crippen LogP contribution in [0.2, 0.25) is 0 Å². The first kappa shape index (κ1) is 10.4. The molecule has 2 rings (SSSR count). The van der Waals surface area contributed by atoms with E-state index >= 15 is 0 Å². The predicted molar refractivity (Wildman–Crippen MR) is 60.9 cm³/mol. The number of nitrogen functional groups attached to an aromatic ring is 1. The largest absolute Gasteiger partial charge is 0.384 e. The van der Waals surface area contributed by atoms with Crippen molar-refractivity contribution >= 4 is 17.3 Å². The van der Waals surface area contributed by atoms with Crippen LogP contribution in [-0.2, 0) is 0 Å². The maximum atomic E-state index is 13.5. The van der Waals surface area contributed by atoms with Gasteiger partial charge in [0, 0.05) is 13.1 Å². The Morgan fingerprint density at radius 1 is 1.25 bits per heavy atom. The number of hydrogen-bond donors (Lipinski definition) is 1. The van der Waals surface area contributed by atoms with E-state index in [1.807, 2.05) is 0 Å². The van der Waals surface area contributed by atoms with Crippen molar-refractivity contribution in [3.63, 3.8) is 0 Å². The van der Waals surface area contributed by atoms with Gasteiger partial charge in [-0.05, 0) is 12.1 Å². The first-order valence-corrected chi connectivity index (χ1v) is 4.74. The SMILES string of the molecule is CN(c1cc(N)ncn1)c1ccccc1F. The number of halogens is 1. The van der Waals surface area contributed by atoms with Gasteiger partial charge >= 0.3 is 0 Å². The lowest BCUT2D eigenvalue weighted by atomic mass is 10.3. The molecule has 0 aliphatic heterocycles. The maximum absolute atomic E-state index is 13.5. The van der Waals surface area contributed by atoms with Gasteiger partial charge in [-0.3, -0.25) is 0 Å². The van der Waals surface area contributed by atoms with E-state index in [1.54, 1.807) is 36.2 Å². The summed E-state index contributed by atoms with van der Waals surface area (Å²) in [6.07, 6.45) is 1.35. The van der Waals surface area contributed by atoms with Gasteiger partial charge in [-0.1, -0.05) is 12.1 Å². The lowest BCUT2D eigenvalue weighted by Crippen LogP contribution is -2.13. The third kappa shape index (κ3) is 1.93. The fourth-order valence-corrected chi connectivity index (χ4v) is 1.39. The summed E-state index contributed by atoms with van der Waals surface area (Å²) in [6, 6.07) is 8.07. The van der Waals surface area contributed by atoms with E-state index in [2.05, 4.69) is 9.97 Å². The third-order valence-corrected chi connectivity index (χ3v) is 2.23. The molecule has 1 heterocycles. The van der Waals surface area contributed by atoms with Crippen molar-refractivity contribution in [2.45, 2.75) is 0 Å². The highest BCUT2D eigenvalue weighted by Gasteiger charge is 2.09. The highest BCUT2D eigenvalue weighted by atomic mass is 19.1. The molecule has 2 N–H and O–H groups in total. The van der Waals surface area contributed by atoms with Gasteiger partial charge in [0.05, 0.1) is 5.69 Å². The van der Waals surface area contributed by atoms with Crippen LogP contribution in [0.4, 0.5) is 21.7 Å². The summed E-state index contributed by atoms with van der Waals surface area (Å²) in [5.41, 5.74) is 5.99. The first-order chi connectivity index (χ1) is 7.68. The lowest BCUT2D eigenvalue weighted by molar-refractivity contribution is 0.627. The minimum atomic E-state index is -0.304. The zero-order chi connectivity index (χ0) is 11.5. The summed E-state index contributed by atoms with van der Waals surface area (Å²) in [7, 11) is 1.72. The second-order valence-corrected chi connectivity index (χ2v) is 3.31. The summed E-state index contributed by atoms with van der Waals surface area (Å²) in [5.74, 6) is 0.605. The van der Waals surface area contributed by atoms with Gasteiger partial charge in [0.2, 0.25) is 0 Å². The Morgan fingerprint density at radius 2 is 2.00 bits per heavy atom. The molecule has 0 radical (unpaired) electrons. The van der Waals surface area contributed by atoms with Crippen molar-refractivity contribution in [2.75, 3.05) is 17.7 Å². The van der Waals surface area contributed by atoms with Crippen molar-refractivity contribution in [3.8, 4) is 0 Å². The van der Waals surface area contributed by atoms with E-state index in [9.17, 15) is 4.39 Å². The average molecular weight is 218 g/mol. The van der Waals surface area contributed by atoms with Gasteiger partial charge < -0.3 is 10.6 Å². The molecule has 0 saturated heterocycles. The molecule has 0 aliphatic carbocycles. The van der Waals surface area contributed by atoms with Gasteiger partial charge in [-0.25, -0.2) is 14.4 Å². The normalized spacial score (nSPS) is 10.1.